The highest BCUT2D eigenvalue weighted by atomic mass is 127. The van der Waals surface area contributed by atoms with Gasteiger partial charge < -0.3 is 5.32 Å². The van der Waals surface area contributed by atoms with Gasteiger partial charge in [0.05, 0.1) is 5.69 Å². The molecule has 0 unspecified atom stereocenters. The summed E-state index contributed by atoms with van der Waals surface area (Å²) in [6.45, 7) is 0. The minimum absolute atomic E-state index is 0.344. The summed E-state index contributed by atoms with van der Waals surface area (Å²) in [5.74, 6) is 4.52. The van der Waals surface area contributed by atoms with E-state index < -0.39 is 6.03 Å². The molecule has 0 saturated heterocycles. The van der Waals surface area contributed by atoms with Crippen molar-refractivity contribution < 1.29 is 9.18 Å². The summed E-state index contributed by atoms with van der Waals surface area (Å²) >= 11 is 1.91. The Morgan fingerprint density at radius 3 is 2.77 bits per heavy atom. The average molecular weight is 295 g/mol. The third-order valence-corrected chi connectivity index (χ3v) is 2.20. The molecule has 13 heavy (non-hydrogen) atoms. The lowest BCUT2D eigenvalue weighted by atomic mass is 10.3. The molecule has 0 radical (unpaired) electrons. The normalized spacial score (nSPS) is 9.46. The first-order valence-electron chi connectivity index (χ1n) is 3.36. The van der Waals surface area contributed by atoms with E-state index in [1.165, 1.54) is 18.2 Å². The van der Waals surface area contributed by atoms with Crippen molar-refractivity contribution >= 4 is 34.3 Å². The van der Waals surface area contributed by atoms with E-state index >= 15 is 0 Å². The Labute approximate surface area is 87.8 Å². The molecule has 1 aromatic rings. The van der Waals surface area contributed by atoms with Crippen molar-refractivity contribution in [2.75, 3.05) is 5.32 Å². The van der Waals surface area contributed by atoms with Crippen molar-refractivity contribution in [1.29, 1.82) is 0 Å². The number of hydrogen-bond acceptors (Lipinski definition) is 2. The van der Waals surface area contributed by atoms with E-state index in [0.29, 0.717) is 9.26 Å². The Balaban J connectivity index is 2.83. The Hall–Kier alpha value is -0.890. The number of rotatable bonds is 1. The highest BCUT2D eigenvalue weighted by Gasteiger charge is 2.03. The highest BCUT2D eigenvalue weighted by Crippen LogP contribution is 2.18. The number of amides is 2. The van der Waals surface area contributed by atoms with Gasteiger partial charge in [0.2, 0.25) is 0 Å². The molecule has 0 aliphatic rings. The number of benzene rings is 1. The monoisotopic (exact) mass is 295 g/mol. The molecular weight excluding hydrogens is 288 g/mol. The van der Waals surface area contributed by atoms with E-state index in [2.05, 4.69) is 5.32 Å². The second-order valence-corrected chi connectivity index (χ2v) is 3.38. The molecule has 0 atom stereocenters. The number of nitrogens with two attached hydrogens (primary N) is 1. The minimum atomic E-state index is -0.537. The molecule has 6 heteroatoms. The van der Waals surface area contributed by atoms with E-state index in [1.807, 2.05) is 28.0 Å². The maximum Gasteiger partial charge on any atom is 0.333 e. The van der Waals surface area contributed by atoms with Gasteiger partial charge in [0.15, 0.2) is 0 Å². The molecule has 1 rings (SSSR count). The number of urea groups is 1. The number of carbonyl (C=O) groups excluding carboxylic acids is 1. The van der Waals surface area contributed by atoms with Crippen molar-refractivity contribution in [3.05, 3.63) is 27.6 Å². The van der Waals surface area contributed by atoms with Crippen LogP contribution in [0.25, 0.3) is 0 Å². The van der Waals surface area contributed by atoms with Crippen molar-refractivity contribution in [2.45, 2.75) is 0 Å². The first-order valence-corrected chi connectivity index (χ1v) is 4.44. The summed E-state index contributed by atoms with van der Waals surface area (Å²) in [7, 11) is 0. The molecule has 70 valence electrons. The lowest BCUT2D eigenvalue weighted by Gasteiger charge is -2.05. The molecule has 2 amide bonds. The van der Waals surface area contributed by atoms with E-state index in [9.17, 15) is 9.18 Å². The van der Waals surface area contributed by atoms with Crippen LogP contribution in [-0.2, 0) is 0 Å². The topological polar surface area (TPSA) is 67.1 Å². The van der Waals surface area contributed by atoms with Crippen LogP contribution in [0.4, 0.5) is 14.9 Å². The molecule has 0 saturated carbocycles. The van der Waals surface area contributed by atoms with E-state index in [-0.39, 0.29) is 5.82 Å². The number of hydrogen-bond donors (Lipinski definition) is 3. The van der Waals surface area contributed by atoms with Gasteiger partial charge in [0.25, 0.3) is 0 Å². The van der Waals surface area contributed by atoms with Gasteiger partial charge in [-0.3, -0.25) is 5.43 Å². The van der Waals surface area contributed by atoms with E-state index in [1.54, 1.807) is 0 Å². The van der Waals surface area contributed by atoms with Crippen LogP contribution in [0.2, 0.25) is 0 Å². The van der Waals surface area contributed by atoms with E-state index in [0.717, 1.165) is 0 Å². The zero-order valence-electron chi connectivity index (χ0n) is 6.47. The number of hydrazine groups is 1. The maximum absolute atomic E-state index is 12.6. The number of halogens is 2. The average Bonchev–Trinajstić information content (AvgIpc) is 2.09. The van der Waals surface area contributed by atoms with Crippen LogP contribution in [0, 0.1) is 9.39 Å². The van der Waals surface area contributed by atoms with Gasteiger partial charge in [-0.2, -0.15) is 0 Å². The molecular formula is C7H7FIN3O. The Morgan fingerprint density at radius 1 is 1.54 bits per heavy atom. The summed E-state index contributed by atoms with van der Waals surface area (Å²) in [5.41, 5.74) is 2.43. The van der Waals surface area contributed by atoms with Crippen LogP contribution in [0.1, 0.15) is 0 Å². The molecule has 0 fully saturated rings. The van der Waals surface area contributed by atoms with Crippen LogP contribution in [-0.4, -0.2) is 6.03 Å². The molecule has 0 heterocycles. The smallest absolute Gasteiger partial charge is 0.306 e. The van der Waals surface area contributed by atoms with Gasteiger partial charge in [-0.05, 0) is 40.8 Å². The largest absolute Gasteiger partial charge is 0.333 e. The summed E-state index contributed by atoms with van der Waals surface area (Å²) in [4.78, 5) is 10.8. The molecule has 0 aliphatic carbocycles. The SMILES string of the molecule is NNC(=O)Nc1ccc(F)cc1I. The number of nitrogens with one attached hydrogen (secondary N) is 2. The van der Waals surface area contributed by atoms with Crippen LogP contribution < -0.4 is 16.6 Å². The van der Waals surface area contributed by atoms with Gasteiger partial charge in [-0.1, -0.05) is 0 Å². The van der Waals surface area contributed by atoms with Crippen LogP contribution in [0.5, 0.6) is 0 Å². The van der Waals surface area contributed by atoms with Crippen molar-refractivity contribution in [3.63, 3.8) is 0 Å². The standard InChI is InChI=1S/C7H7FIN3O/c8-4-1-2-6(5(9)3-4)11-7(13)12-10/h1-3H,10H2,(H2,11,12,13). The van der Waals surface area contributed by atoms with Crippen molar-refractivity contribution in [3.8, 4) is 0 Å². The third-order valence-electron chi connectivity index (χ3n) is 1.31. The molecule has 0 bridgehead atoms. The molecule has 0 spiro atoms. The molecule has 4 nitrogen and oxygen atoms in total. The highest BCUT2D eigenvalue weighted by molar-refractivity contribution is 14.1. The van der Waals surface area contributed by atoms with Crippen LogP contribution in [0.15, 0.2) is 18.2 Å². The van der Waals surface area contributed by atoms with Crippen molar-refractivity contribution in [1.82, 2.24) is 5.43 Å². The van der Waals surface area contributed by atoms with Gasteiger partial charge in [-0.25, -0.2) is 15.0 Å². The second kappa shape index (κ2) is 4.38. The predicted molar refractivity (Wildman–Crippen MR) is 55.5 cm³/mol. The quantitative estimate of drug-likeness (QED) is 0.317. The Morgan fingerprint density at radius 2 is 2.23 bits per heavy atom. The first-order chi connectivity index (χ1) is 6.13. The van der Waals surface area contributed by atoms with Crippen molar-refractivity contribution in [2.24, 2.45) is 5.84 Å². The lowest BCUT2D eigenvalue weighted by molar-refractivity contribution is 0.252. The van der Waals surface area contributed by atoms with Crippen LogP contribution >= 0.6 is 22.6 Å². The van der Waals surface area contributed by atoms with E-state index in [4.69, 9.17) is 5.84 Å². The fourth-order valence-corrected chi connectivity index (χ4v) is 1.36. The van der Waals surface area contributed by atoms with Gasteiger partial charge in [0.1, 0.15) is 5.82 Å². The fraction of sp³-hybridized carbons (Fsp3) is 0. The van der Waals surface area contributed by atoms with Crippen LogP contribution in [0.3, 0.4) is 0 Å². The zero-order valence-corrected chi connectivity index (χ0v) is 8.63. The predicted octanol–water partition coefficient (Wildman–Crippen LogP) is 1.43. The fourth-order valence-electron chi connectivity index (χ4n) is 0.749. The summed E-state index contributed by atoms with van der Waals surface area (Å²) in [5, 5.41) is 2.44. The van der Waals surface area contributed by atoms with Gasteiger partial charge in [-0.15, -0.1) is 0 Å². The second-order valence-electron chi connectivity index (χ2n) is 2.22. The molecule has 0 aliphatic heterocycles. The van der Waals surface area contributed by atoms with Gasteiger partial charge in [0, 0.05) is 3.57 Å². The third kappa shape index (κ3) is 2.81. The number of anilines is 1. The molecule has 4 N–H and O–H groups in total. The Bertz CT molecular complexity index is 332. The minimum Gasteiger partial charge on any atom is -0.306 e. The zero-order chi connectivity index (χ0) is 9.84. The maximum atomic E-state index is 12.6. The Kier molecular flexibility index (Phi) is 3.43. The summed E-state index contributed by atoms with van der Waals surface area (Å²) in [6, 6.07) is 3.50. The molecule has 0 aromatic heterocycles. The number of carbonyl (C=O) groups is 1. The first kappa shape index (κ1) is 10.2. The summed E-state index contributed by atoms with van der Waals surface area (Å²) in [6.07, 6.45) is 0. The van der Waals surface area contributed by atoms with Gasteiger partial charge >= 0.3 is 6.03 Å². The lowest BCUT2D eigenvalue weighted by Crippen LogP contribution is -2.34. The molecule has 1 aromatic carbocycles. The summed E-state index contributed by atoms with van der Waals surface area (Å²) < 4.78 is 13.2.